The molecule has 0 spiro atoms. The number of hydrogen-bond acceptors (Lipinski definition) is 0. The van der Waals surface area contributed by atoms with E-state index in [2.05, 4.69) is 73.7 Å². The Morgan fingerprint density at radius 1 is 0.815 bits per heavy atom. The molecular formula is C26H22Hf. The summed E-state index contributed by atoms with van der Waals surface area (Å²) in [4.78, 5) is 0. The summed E-state index contributed by atoms with van der Waals surface area (Å²) in [6, 6.07) is 38.6. The minimum Gasteiger partial charge on any atom is -0.214 e. The molecule has 0 heterocycles. The zero-order valence-electron chi connectivity index (χ0n) is 15.5. The molecule has 0 fully saturated rings. The largest absolute Gasteiger partial charge is 0.214 e. The van der Waals surface area contributed by atoms with Crippen LogP contribution in [0.4, 0.5) is 0 Å². The number of rotatable bonds is 1. The van der Waals surface area contributed by atoms with Crippen LogP contribution in [0.3, 0.4) is 0 Å². The van der Waals surface area contributed by atoms with Crippen molar-refractivity contribution >= 4 is 3.26 Å². The summed E-state index contributed by atoms with van der Waals surface area (Å²) in [5, 5.41) is 0. The first-order valence-corrected chi connectivity index (χ1v) is 10.9. The van der Waals surface area contributed by atoms with Crippen molar-refractivity contribution in [1.29, 1.82) is 0 Å². The van der Waals surface area contributed by atoms with Gasteiger partial charge in [-0.2, -0.15) is 48.0 Å². The molecular weight excluding hydrogens is 491 g/mol. The van der Waals surface area contributed by atoms with Crippen LogP contribution in [0, 0.1) is 6.07 Å². The van der Waals surface area contributed by atoms with Crippen LogP contribution in [0.15, 0.2) is 103 Å². The maximum atomic E-state index is 3.30. The zero-order chi connectivity index (χ0) is 18.9. The Bertz CT molecular complexity index is 905. The summed E-state index contributed by atoms with van der Waals surface area (Å²) in [5.41, 5.74) is 6.90. The van der Waals surface area contributed by atoms with Gasteiger partial charge >= 0.3 is 70.0 Å². The van der Waals surface area contributed by atoms with Crippen molar-refractivity contribution in [2.24, 2.45) is 0 Å². The van der Waals surface area contributed by atoms with E-state index in [1.165, 1.54) is 55.0 Å². The van der Waals surface area contributed by atoms with E-state index < -0.39 is 0 Å². The first kappa shape index (κ1) is 19.5. The zero-order valence-corrected chi connectivity index (χ0v) is 19.1. The summed E-state index contributed by atoms with van der Waals surface area (Å²) in [5.74, 6) is 0. The van der Waals surface area contributed by atoms with Crippen LogP contribution >= 0.6 is 0 Å². The third-order valence-electron chi connectivity index (χ3n) is 4.38. The minimum absolute atomic E-state index is 1.05. The predicted octanol–water partition coefficient (Wildman–Crippen LogP) is 6.24. The van der Waals surface area contributed by atoms with Crippen molar-refractivity contribution in [2.45, 2.75) is 13.3 Å². The van der Waals surface area contributed by atoms with E-state index in [1.807, 2.05) is 42.5 Å². The normalized spacial score (nSPS) is 10.5. The van der Waals surface area contributed by atoms with Crippen LogP contribution in [0.2, 0.25) is 0 Å². The van der Waals surface area contributed by atoms with E-state index in [1.54, 1.807) is 0 Å². The second-order valence-corrected chi connectivity index (χ2v) is 9.04. The molecule has 0 N–H and O–H groups in total. The van der Waals surface area contributed by atoms with E-state index >= 15 is 0 Å². The molecule has 4 aromatic carbocycles. The van der Waals surface area contributed by atoms with Crippen molar-refractivity contribution in [1.82, 2.24) is 0 Å². The van der Waals surface area contributed by atoms with Gasteiger partial charge in [0.25, 0.3) is 0 Å². The number of fused-ring (bicyclic) bond motifs is 3. The molecule has 1 aliphatic rings. The third-order valence-corrected chi connectivity index (χ3v) is 5.42. The average molecular weight is 513 g/mol. The van der Waals surface area contributed by atoms with Gasteiger partial charge in [-0.1, -0.05) is 35.4 Å². The third kappa shape index (κ3) is 5.61. The fraction of sp³-hybridized carbons (Fsp3) is 0.0769. The van der Waals surface area contributed by atoms with Gasteiger partial charge in [-0.15, -0.1) is 5.56 Å². The van der Waals surface area contributed by atoms with Gasteiger partial charge in [0.2, 0.25) is 0 Å². The van der Waals surface area contributed by atoms with Crippen molar-refractivity contribution in [3.63, 3.8) is 0 Å². The smallest absolute Gasteiger partial charge is 0.0253 e. The van der Waals surface area contributed by atoms with Crippen molar-refractivity contribution in [3.05, 3.63) is 126 Å². The average Bonchev–Trinajstić information content (AvgIpc) is 3.41. The molecule has 1 heteroatoms. The van der Waals surface area contributed by atoms with Gasteiger partial charge in [-0.3, -0.25) is 0 Å². The van der Waals surface area contributed by atoms with Gasteiger partial charge in [0.1, 0.15) is 0 Å². The van der Waals surface area contributed by atoms with E-state index in [9.17, 15) is 0 Å². The summed E-state index contributed by atoms with van der Waals surface area (Å²) >= 11 is 1.17. The molecule has 5 rings (SSSR count). The Balaban J connectivity index is 0.000000130. The van der Waals surface area contributed by atoms with Gasteiger partial charge < -0.3 is 0 Å². The summed E-state index contributed by atoms with van der Waals surface area (Å²) in [6.07, 6.45) is 1.05. The molecule has 0 aromatic heterocycles. The maximum absolute atomic E-state index is 3.30. The quantitative estimate of drug-likeness (QED) is 0.184. The monoisotopic (exact) mass is 514 g/mol. The fourth-order valence-electron chi connectivity index (χ4n) is 3.01. The molecule has 27 heavy (non-hydrogen) atoms. The van der Waals surface area contributed by atoms with E-state index in [-0.39, 0.29) is 0 Å². The van der Waals surface area contributed by atoms with Gasteiger partial charge in [0.15, 0.2) is 0 Å². The first-order chi connectivity index (χ1) is 13.3. The first-order valence-electron chi connectivity index (χ1n) is 9.11. The summed E-state index contributed by atoms with van der Waals surface area (Å²) in [7, 11) is 0. The van der Waals surface area contributed by atoms with E-state index in [4.69, 9.17) is 0 Å². The molecule has 0 amide bonds. The van der Waals surface area contributed by atoms with Crippen LogP contribution in [0.25, 0.3) is 11.1 Å². The molecule has 0 saturated carbocycles. The molecule has 0 atom stereocenters. The SMILES string of the molecule is C[C](=[Hf+2])c1ccccc1.[c-]1cccc2c1Cc1ccccc1-2.c1cc[cH-]c1. The van der Waals surface area contributed by atoms with Crippen LogP contribution < -0.4 is 0 Å². The topological polar surface area (TPSA) is 0 Å². The molecule has 0 unspecified atom stereocenters. The molecule has 1 aliphatic carbocycles. The van der Waals surface area contributed by atoms with Crippen molar-refractivity contribution < 1.29 is 23.9 Å². The molecule has 4 aromatic rings. The molecule has 130 valence electrons. The molecule has 0 saturated heterocycles. The standard InChI is InChI=1S/C13H9.C8H8.C5H5.Hf/c1-3-7-12-10(5-1)9-11-6-2-4-8-13(11)12;1-2-8-6-4-3-5-7-8;1-2-4-5-3-1;/h1-5,7-8H,9H2;3-7H,1H3;1-5H;/q-1;;-1;+2. The minimum atomic E-state index is 1.05. The molecule has 0 radical (unpaired) electrons. The Morgan fingerprint density at radius 3 is 2.11 bits per heavy atom. The van der Waals surface area contributed by atoms with Crippen molar-refractivity contribution in [3.8, 4) is 11.1 Å². The Labute approximate surface area is 176 Å². The number of benzene rings is 3. The molecule has 0 aliphatic heterocycles. The maximum Gasteiger partial charge on any atom is -0.0253 e. The van der Waals surface area contributed by atoms with Gasteiger partial charge in [0, 0.05) is 0 Å². The Kier molecular flexibility index (Phi) is 7.36. The van der Waals surface area contributed by atoms with Gasteiger partial charge in [-0.05, 0) is 6.42 Å². The second kappa shape index (κ2) is 10.2. The molecule has 0 bridgehead atoms. The summed E-state index contributed by atoms with van der Waals surface area (Å²) in [6.45, 7) is 2.18. The molecule has 0 nitrogen and oxygen atoms in total. The summed E-state index contributed by atoms with van der Waals surface area (Å²) < 4.78 is 1.51. The Morgan fingerprint density at radius 2 is 1.48 bits per heavy atom. The number of hydrogen-bond donors (Lipinski definition) is 0. The second-order valence-electron chi connectivity index (χ2n) is 6.35. The van der Waals surface area contributed by atoms with Gasteiger partial charge in [0.05, 0.1) is 0 Å². The van der Waals surface area contributed by atoms with Crippen LogP contribution in [-0.2, 0) is 30.3 Å². The van der Waals surface area contributed by atoms with Crippen LogP contribution in [0.1, 0.15) is 23.6 Å². The van der Waals surface area contributed by atoms with Crippen molar-refractivity contribution in [2.75, 3.05) is 0 Å². The fourth-order valence-corrected chi connectivity index (χ4v) is 3.61. The van der Waals surface area contributed by atoms with Crippen LogP contribution in [0.5, 0.6) is 0 Å². The van der Waals surface area contributed by atoms with Gasteiger partial charge in [-0.25, -0.2) is 12.1 Å². The Hall–Kier alpha value is -2.25. The predicted molar refractivity (Wildman–Crippen MR) is 112 cm³/mol. The van der Waals surface area contributed by atoms with Crippen LogP contribution in [-0.4, -0.2) is 3.26 Å². The van der Waals surface area contributed by atoms with E-state index in [0.717, 1.165) is 6.42 Å². The van der Waals surface area contributed by atoms with E-state index in [0.29, 0.717) is 0 Å².